The van der Waals surface area contributed by atoms with Crippen LogP contribution in [0.2, 0.25) is 0 Å². The third kappa shape index (κ3) is 5.05. The maximum Gasteiger partial charge on any atom is 0.321 e. The number of amides is 2. The van der Waals surface area contributed by atoms with Crippen molar-refractivity contribution in [3.05, 3.63) is 83.3 Å². The maximum atomic E-state index is 12.8. The highest BCUT2D eigenvalue weighted by Crippen LogP contribution is 2.23. The van der Waals surface area contributed by atoms with Gasteiger partial charge >= 0.3 is 6.03 Å². The van der Waals surface area contributed by atoms with Crippen LogP contribution in [0.1, 0.15) is 29.4 Å². The van der Waals surface area contributed by atoms with Crippen molar-refractivity contribution in [2.75, 3.05) is 31.5 Å². The van der Waals surface area contributed by atoms with E-state index >= 15 is 0 Å². The van der Waals surface area contributed by atoms with Gasteiger partial charge in [-0.15, -0.1) is 0 Å². The molecular weight excluding hydrogens is 436 g/mol. The highest BCUT2D eigenvalue weighted by atomic mass is 16.2. The van der Waals surface area contributed by atoms with Crippen LogP contribution in [0.15, 0.2) is 60.8 Å². The molecule has 0 unspecified atom stereocenters. The Morgan fingerprint density at radius 3 is 2.37 bits per heavy atom. The van der Waals surface area contributed by atoms with E-state index in [1.165, 1.54) is 16.7 Å². The highest BCUT2D eigenvalue weighted by molar-refractivity contribution is 5.89. The van der Waals surface area contributed by atoms with E-state index in [1.807, 2.05) is 35.4 Å². The van der Waals surface area contributed by atoms with Gasteiger partial charge in [0, 0.05) is 43.8 Å². The minimum absolute atomic E-state index is 0.0411. The van der Waals surface area contributed by atoms with E-state index in [4.69, 9.17) is 4.98 Å². The number of carbonyl (C=O) groups is 1. The summed E-state index contributed by atoms with van der Waals surface area (Å²) < 4.78 is 2.17. The third-order valence-electron chi connectivity index (χ3n) is 6.59. The van der Waals surface area contributed by atoms with Gasteiger partial charge in [-0.2, -0.15) is 0 Å². The van der Waals surface area contributed by atoms with Crippen LogP contribution in [0.25, 0.3) is 16.9 Å². The summed E-state index contributed by atoms with van der Waals surface area (Å²) in [6.07, 6.45) is 2.81. The number of imidazole rings is 1. The average Bonchev–Trinajstić information content (AvgIpc) is 3.22. The molecule has 0 aliphatic carbocycles. The van der Waals surface area contributed by atoms with Gasteiger partial charge in [-0.05, 0) is 73.4 Å². The quantitative estimate of drug-likeness (QED) is 0.450. The topological polar surface area (TPSA) is 66.3 Å². The second kappa shape index (κ2) is 9.88. The number of aryl methyl sites for hydroxylation is 3. The molecule has 180 valence electrons. The van der Waals surface area contributed by atoms with Gasteiger partial charge in [-0.3, -0.25) is 9.47 Å². The Labute approximate surface area is 206 Å². The minimum Gasteiger partial charge on any atom is -0.322 e. The summed E-state index contributed by atoms with van der Waals surface area (Å²) in [6, 6.07) is 18.5. The van der Waals surface area contributed by atoms with Crippen molar-refractivity contribution in [3.63, 3.8) is 0 Å². The normalized spacial score (nSPS) is 14.4. The molecule has 4 aromatic rings. The van der Waals surface area contributed by atoms with Crippen molar-refractivity contribution in [2.24, 2.45) is 0 Å². The Bertz CT molecular complexity index is 1320. The van der Waals surface area contributed by atoms with Crippen LogP contribution in [0, 0.1) is 13.8 Å². The lowest BCUT2D eigenvalue weighted by Gasteiger charge is -2.34. The number of nitrogens with zero attached hydrogens (tertiary/aromatic N) is 5. The monoisotopic (exact) mass is 468 g/mol. The number of nitrogens with one attached hydrogen (secondary N) is 1. The largest absolute Gasteiger partial charge is 0.322 e. The van der Waals surface area contributed by atoms with Crippen LogP contribution >= 0.6 is 0 Å². The summed E-state index contributed by atoms with van der Waals surface area (Å²) in [5.74, 6) is 0.970. The molecule has 2 amide bonds. The SMILES string of the molecule is CCc1ccc(NC(=O)N2CCN(Cc3nc4cccnc4n3-c3cc(C)cc(C)c3)CC2)cc1. The zero-order chi connectivity index (χ0) is 24.4. The Kier molecular flexibility index (Phi) is 6.51. The third-order valence-corrected chi connectivity index (χ3v) is 6.59. The van der Waals surface area contributed by atoms with Gasteiger partial charge in [0.25, 0.3) is 0 Å². The maximum absolute atomic E-state index is 12.8. The van der Waals surface area contributed by atoms with Crippen molar-refractivity contribution >= 4 is 22.9 Å². The number of rotatable bonds is 5. The van der Waals surface area contributed by atoms with E-state index in [9.17, 15) is 4.79 Å². The molecule has 1 fully saturated rings. The minimum atomic E-state index is -0.0411. The van der Waals surface area contributed by atoms with Crippen molar-refractivity contribution < 1.29 is 4.79 Å². The summed E-state index contributed by atoms with van der Waals surface area (Å²) in [5, 5.41) is 3.03. The van der Waals surface area contributed by atoms with Gasteiger partial charge < -0.3 is 10.2 Å². The molecule has 7 nitrogen and oxygen atoms in total. The molecule has 2 aromatic heterocycles. The Balaban J connectivity index is 1.29. The smallest absolute Gasteiger partial charge is 0.321 e. The Morgan fingerprint density at radius 2 is 1.69 bits per heavy atom. The molecule has 0 radical (unpaired) electrons. The van der Waals surface area contributed by atoms with E-state index in [1.54, 1.807) is 0 Å². The van der Waals surface area contributed by atoms with E-state index in [2.05, 4.69) is 70.9 Å². The fourth-order valence-corrected chi connectivity index (χ4v) is 4.75. The fourth-order valence-electron chi connectivity index (χ4n) is 4.75. The van der Waals surface area contributed by atoms with E-state index in [0.29, 0.717) is 19.6 Å². The number of hydrogen-bond acceptors (Lipinski definition) is 4. The molecule has 0 saturated carbocycles. The van der Waals surface area contributed by atoms with Crippen LogP contribution < -0.4 is 5.32 Å². The van der Waals surface area contributed by atoms with E-state index in [0.717, 1.165) is 47.9 Å². The fraction of sp³-hybridized carbons (Fsp3) is 0.321. The van der Waals surface area contributed by atoms with Crippen molar-refractivity contribution in [1.29, 1.82) is 0 Å². The number of aromatic nitrogens is 3. The Hall–Kier alpha value is -3.71. The molecule has 1 saturated heterocycles. The molecular formula is C28H32N6O. The molecule has 2 aromatic carbocycles. The number of carbonyl (C=O) groups excluding carboxylic acids is 1. The van der Waals surface area contributed by atoms with Crippen LogP contribution in [-0.2, 0) is 13.0 Å². The number of fused-ring (bicyclic) bond motifs is 1. The number of urea groups is 1. The van der Waals surface area contributed by atoms with Gasteiger partial charge in [0.2, 0.25) is 0 Å². The van der Waals surface area contributed by atoms with E-state index in [-0.39, 0.29) is 6.03 Å². The van der Waals surface area contributed by atoms with Gasteiger partial charge in [0.15, 0.2) is 5.65 Å². The molecule has 0 atom stereocenters. The molecule has 5 rings (SSSR count). The predicted octanol–water partition coefficient (Wildman–Crippen LogP) is 4.95. The summed E-state index contributed by atoms with van der Waals surface area (Å²) in [4.78, 5) is 26.6. The van der Waals surface area contributed by atoms with Crippen molar-refractivity contribution in [2.45, 2.75) is 33.7 Å². The molecule has 0 bridgehead atoms. The summed E-state index contributed by atoms with van der Waals surface area (Å²) >= 11 is 0. The predicted molar refractivity (Wildman–Crippen MR) is 140 cm³/mol. The lowest BCUT2D eigenvalue weighted by molar-refractivity contribution is 0.140. The van der Waals surface area contributed by atoms with Gasteiger partial charge in [0.05, 0.1) is 6.54 Å². The van der Waals surface area contributed by atoms with Crippen molar-refractivity contribution in [1.82, 2.24) is 24.3 Å². The molecule has 7 heteroatoms. The zero-order valence-corrected chi connectivity index (χ0v) is 20.7. The summed E-state index contributed by atoms with van der Waals surface area (Å²) in [5.41, 5.74) is 7.39. The standard InChI is InChI=1S/C28H32N6O/c1-4-22-7-9-23(10-8-22)30-28(35)33-14-12-32(13-15-33)19-26-31-25-6-5-11-29-27(25)34(26)24-17-20(2)16-21(3)18-24/h5-11,16-18H,4,12-15,19H2,1-3H3,(H,30,35). The number of pyridine rings is 1. The first kappa shape index (κ1) is 23.1. The molecule has 1 aliphatic rings. The van der Waals surface area contributed by atoms with Gasteiger partial charge in [0.1, 0.15) is 11.3 Å². The van der Waals surface area contributed by atoms with E-state index < -0.39 is 0 Å². The number of hydrogen-bond donors (Lipinski definition) is 1. The molecule has 3 heterocycles. The number of benzene rings is 2. The number of anilines is 1. The first-order valence-electron chi connectivity index (χ1n) is 12.3. The summed E-state index contributed by atoms with van der Waals surface area (Å²) in [6.45, 7) is 10.0. The summed E-state index contributed by atoms with van der Waals surface area (Å²) in [7, 11) is 0. The first-order valence-corrected chi connectivity index (χ1v) is 12.3. The lowest BCUT2D eigenvalue weighted by atomic mass is 10.1. The second-order valence-electron chi connectivity index (χ2n) is 9.30. The van der Waals surface area contributed by atoms with Gasteiger partial charge in [-0.25, -0.2) is 14.8 Å². The van der Waals surface area contributed by atoms with Crippen LogP contribution in [0.4, 0.5) is 10.5 Å². The number of piperazine rings is 1. The zero-order valence-electron chi connectivity index (χ0n) is 20.7. The molecule has 35 heavy (non-hydrogen) atoms. The Morgan fingerprint density at radius 1 is 0.971 bits per heavy atom. The highest BCUT2D eigenvalue weighted by Gasteiger charge is 2.23. The van der Waals surface area contributed by atoms with Crippen LogP contribution in [-0.4, -0.2) is 56.5 Å². The molecule has 0 spiro atoms. The lowest BCUT2D eigenvalue weighted by Crippen LogP contribution is -2.49. The van der Waals surface area contributed by atoms with Gasteiger partial charge in [-0.1, -0.05) is 25.1 Å². The van der Waals surface area contributed by atoms with Crippen molar-refractivity contribution in [3.8, 4) is 5.69 Å². The second-order valence-corrected chi connectivity index (χ2v) is 9.30. The van der Waals surface area contributed by atoms with Crippen LogP contribution in [0.5, 0.6) is 0 Å². The first-order chi connectivity index (χ1) is 17.0. The molecule has 1 N–H and O–H groups in total. The van der Waals surface area contributed by atoms with Crippen LogP contribution in [0.3, 0.4) is 0 Å². The average molecular weight is 469 g/mol. The molecule has 1 aliphatic heterocycles.